The summed E-state index contributed by atoms with van der Waals surface area (Å²) >= 11 is 0. The van der Waals surface area contributed by atoms with E-state index in [1.54, 1.807) is 6.07 Å². The number of aldehydes is 1. The fourth-order valence-electron chi connectivity index (χ4n) is 1.67. The number of methoxy groups -OCH3 is 1. The Balaban J connectivity index is 2.92. The van der Waals surface area contributed by atoms with E-state index in [1.165, 1.54) is 13.2 Å². The summed E-state index contributed by atoms with van der Waals surface area (Å²) in [7, 11) is 1.49. The Labute approximate surface area is 86.9 Å². The molecule has 1 N–H and O–H groups in total. The van der Waals surface area contributed by atoms with Crippen LogP contribution in [0.25, 0.3) is 10.8 Å². The predicted molar refractivity (Wildman–Crippen MR) is 57.6 cm³/mol. The fraction of sp³-hybridized carbons (Fsp3) is 0.0833. The lowest BCUT2D eigenvalue weighted by Crippen LogP contribution is -1.90. The van der Waals surface area contributed by atoms with Crippen molar-refractivity contribution in [3.63, 3.8) is 0 Å². The fourth-order valence-corrected chi connectivity index (χ4v) is 1.67. The third-order valence-electron chi connectivity index (χ3n) is 2.34. The molecule has 2 rings (SSSR count). The molecule has 0 spiro atoms. The molecule has 2 aromatic carbocycles. The van der Waals surface area contributed by atoms with Crippen molar-refractivity contribution in [1.29, 1.82) is 0 Å². The first-order valence-corrected chi connectivity index (χ1v) is 4.52. The Morgan fingerprint density at radius 3 is 2.53 bits per heavy atom. The van der Waals surface area contributed by atoms with Crippen molar-refractivity contribution in [2.24, 2.45) is 0 Å². The van der Waals surface area contributed by atoms with Crippen molar-refractivity contribution in [3.8, 4) is 11.5 Å². The quantitative estimate of drug-likeness (QED) is 0.760. The van der Waals surface area contributed by atoms with Gasteiger partial charge in [0.1, 0.15) is 0 Å². The Morgan fingerprint density at radius 1 is 1.27 bits per heavy atom. The van der Waals surface area contributed by atoms with Gasteiger partial charge in [-0.3, -0.25) is 4.79 Å². The lowest BCUT2D eigenvalue weighted by Gasteiger charge is -2.09. The van der Waals surface area contributed by atoms with Gasteiger partial charge in [-0.25, -0.2) is 0 Å². The van der Waals surface area contributed by atoms with Crippen LogP contribution in [0.2, 0.25) is 0 Å². The van der Waals surface area contributed by atoms with Gasteiger partial charge in [0.15, 0.2) is 17.8 Å². The molecular weight excluding hydrogens is 192 g/mol. The van der Waals surface area contributed by atoms with Gasteiger partial charge >= 0.3 is 0 Å². The second-order valence-electron chi connectivity index (χ2n) is 3.18. The maximum Gasteiger partial charge on any atom is 0.168 e. The van der Waals surface area contributed by atoms with E-state index < -0.39 is 0 Å². The molecule has 76 valence electrons. The van der Waals surface area contributed by atoms with Gasteiger partial charge in [-0.2, -0.15) is 0 Å². The minimum Gasteiger partial charge on any atom is -0.504 e. The molecular formula is C12H10O3. The number of phenols is 1. The van der Waals surface area contributed by atoms with Crippen LogP contribution in [0.15, 0.2) is 30.3 Å². The molecule has 0 saturated carbocycles. The monoisotopic (exact) mass is 202 g/mol. The summed E-state index contributed by atoms with van der Waals surface area (Å²) in [5.41, 5.74) is 0.462. The van der Waals surface area contributed by atoms with Crippen LogP contribution in [-0.2, 0) is 0 Å². The van der Waals surface area contributed by atoms with E-state index in [-0.39, 0.29) is 5.75 Å². The maximum atomic E-state index is 10.8. The smallest absolute Gasteiger partial charge is 0.168 e. The highest BCUT2D eigenvalue weighted by molar-refractivity contribution is 6.02. The molecule has 0 aliphatic carbocycles. The summed E-state index contributed by atoms with van der Waals surface area (Å²) in [5.74, 6) is 0.384. The van der Waals surface area contributed by atoms with Crippen molar-refractivity contribution in [1.82, 2.24) is 0 Å². The topological polar surface area (TPSA) is 46.5 Å². The molecule has 0 aromatic heterocycles. The Hall–Kier alpha value is -2.03. The van der Waals surface area contributed by atoms with Crippen LogP contribution >= 0.6 is 0 Å². The molecule has 0 fully saturated rings. The molecule has 3 nitrogen and oxygen atoms in total. The number of fused-ring (bicyclic) bond motifs is 1. The number of hydrogen-bond donors (Lipinski definition) is 1. The Bertz CT molecular complexity index is 518. The zero-order chi connectivity index (χ0) is 10.8. The van der Waals surface area contributed by atoms with Crippen molar-refractivity contribution >= 4 is 17.1 Å². The van der Waals surface area contributed by atoms with Gasteiger partial charge in [-0.1, -0.05) is 24.3 Å². The van der Waals surface area contributed by atoms with Gasteiger partial charge in [0, 0.05) is 10.9 Å². The van der Waals surface area contributed by atoms with E-state index in [9.17, 15) is 9.90 Å². The zero-order valence-corrected chi connectivity index (χ0v) is 8.23. The van der Waals surface area contributed by atoms with Gasteiger partial charge in [0.2, 0.25) is 0 Å². The SMILES string of the molecule is COc1c(O)cc(C=O)c2ccccc12. The van der Waals surface area contributed by atoms with Crippen LogP contribution in [0.1, 0.15) is 10.4 Å². The second-order valence-corrected chi connectivity index (χ2v) is 3.18. The largest absolute Gasteiger partial charge is 0.504 e. The van der Waals surface area contributed by atoms with E-state index >= 15 is 0 Å². The van der Waals surface area contributed by atoms with Crippen LogP contribution in [0.3, 0.4) is 0 Å². The molecule has 0 radical (unpaired) electrons. The van der Waals surface area contributed by atoms with E-state index in [2.05, 4.69) is 0 Å². The van der Waals surface area contributed by atoms with Crippen LogP contribution in [0, 0.1) is 0 Å². The zero-order valence-electron chi connectivity index (χ0n) is 8.23. The van der Waals surface area contributed by atoms with Gasteiger partial charge < -0.3 is 9.84 Å². The first-order valence-electron chi connectivity index (χ1n) is 4.52. The van der Waals surface area contributed by atoms with E-state index in [0.29, 0.717) is 11.3 Å². The molecule has 0 aliphatic rings. The summed E-state index contributed by atoms with van der Waals surface area (Å²) in [5, 5.41) is 11.2. The lowest BCUT2D eigenvalue weighted by atomic mass is 10.0. The molecule has 2 aromatic rings. The summed E-state index contributed by atoms with van der Waals surface area (Å²) in [6.07, 6.45) is 0.724. The number of ether oxygens (including phenoxy) is 1. The van der Waals surface area contributed by atoms with Crippen molar-refractivity contribution < 1.29 is 14.6 Å². The first-order chi connectivity index (χ1) is 7.27. The van der Waals surface area contributed by atoms with Crippen LogP contribution in [0.5, 0.6) is 11.5 Å². The average molecular weight is 202 g/mol. The number of carbonyl (C=O) groups excluding carboxylic acids is 1. The summed E-state index contributed by atoms with van der Waals surface area (Å²) in [4.78, 5) is 10.8. The summed E-state index contributed by atoms with van der Waals surface area (Å²) in [6.45, 7) is 0. The highest BCUT2D eigenvalue weighted by Crippen LogP contribution is 2.36. The standard InChI is InChI=1S/C12H10O3/c1-15-12-10-5-3-2-4-9(10)8(7-13)6-11(12)14/h2-7,14H,1H3. The van der Waals surface area contributed by atoms with Gasteiger partial charge in [-0.05, 0) is 11.5 Å². The third kappa shape index (κ3) is 1.42. The lowest BCUT2D eigenvalue weighted by molar-refractivity contribution is 0.112. The number of rotatable bonds is 2. The number of hydrogen-bond acceptors (Lipinski definition) is 3. The minimum atomic E-state index is -0.0155. The molecule has 0 heterocycles. The van der Waals surface area contributed by atoms with Crippen LogP contribution in [0.4, 0.5) is 0 Å². The number of aromatic hydroxyl groups is 1. The molecule has 15 heavy (non-hydrogen) atoms. The normalized spacial score (nSPS) is 10.2. The van der Waals surface area contributed by atoms with Crippen molar-refractivity contribution in [2.75, 3.05) is 7.11 Å². The molecule has 0 atom stereocenters. The number of benzene rings is 2. The summed E-state index contributed by atoms with van der Waals surface area (Å²) < 4.78 is 5.09. The number of carbonyl (C=O) groups is 1. The van der Waals surface area contributed by atoms with Crippen LogP contribution < -0.4 is 4.74 Å². The second kappa shape index (κ2) is 3.61. The van der Waals surface area contributed by atoms with Gasteiger partial charge in [-0.15, -0.1) is 0 Å². The average Bonchev–Trinajstić information content (AvgIpc) is 2.28. The van der Waals surface area contributed by atoms with Crippen LogP contribution in [-0.4, -0.2) is 18.5 Å². The Morgan fingerprint density at radius 2 is 1.93 bits per heavy atom. The highest BCUT2D eigenvalue weighted by atomic mass is 16.5. The Kier molecular flexibility index (Phi) is 2.29. The first kappa shape index (κ1) is 9.52. The van der Waals surface area contributed by atoms with Gasteiger partial charge in [0.25, 0.3) is 0 Å². The van der Waals surface area contributed by atoms with Gasteiger partial charge in [0.05, 0.1) is 7.11 Å². The van der Waals surface area contributed by atoms with Crippen molar-refractivity contribution in [3.05, 3.63) is 35.9 Å². The summed E-state index contributed by atoms with van der Waals surface area (Å²) in [6, 6.07) is 8.71. The maximum absolute atomic E-state index is 10.8. The molecule has 0 unspecified atom stereocenters. The molecule has 0 saturated heterocycles. The van der Waals surface area contributed by atoms with E-state index in [1.807, 2.05) is 18.2 Å². The third-order valence-corrected chi connectivity index (χ3v) is 2.34. The number of phenolic OH excluding ortho intramolecular Hbond substituents is 1. The highest BCUT2D eigenvalue weighted by Gasteiger charge is 2.10. The van der Waals surface area contributed by atoms with E-state index in [4.69, 9.17) is 4.74 Å². The van der Waals surface area contributed by atoms with E-state index in [0.717, 1.165) is 17.1 Å². The molecule has 0 amide bonds. The molecule has 0 aliphatic heterocycles. The predicted octanol–water partition coefficient (Wildman–Crippen LogP) is 2.37. The molecule has 3 heteroatoms. The molecule has 0 bridgehead atoms. The van der Waals surface area contributed by atoms with Crippen molar-refractivity contribution in [2.45, 2.75) is 0 Å². The minimum absolute atomic E-state index is 0.0155.